The average Bonchev–Trinajstić information content (AvgIpc) is 2.48. The summed E-state index contributed by atoms with van der Waals surface area (Å²) in [5, 5.41) is 3.38. The SMILES string of the molecule is COc1cccc(CCNC(C)c2ccc(F)cn2)c1. The molecule has 1 unspecified atom stereocenters. The van der Waals surface area contributed by atoms with E-state index < -0.39 is 0 Å². The fourth-order valence-corrected chi connectivity index (χ4v) is 2.01. The highest BCUT2D eigenvalue weighted by molar-refractivity contribution is 5.28. The second-order valence-electron chi connectivity index (χ2n) is 4.68. The number of aromatic nitrogens is 1. The van der Waals surface area contributed by atoms with Gasteiger partial charge in [0.2, 0.25) is 0 Å². The first-order valence-electron chi connectivity index (χ1n) is 6.67. The molecule has 1 atom stereocenters. The molecule has 0 aliphatic heterocycles. The van der Waals surface area contributed by atoms with Gasteiger partial charge in [-0.15, -0.1) is 0 Å². The topological polar surface area (TPSA) is 34.1 Å². The maximum Gasteiger partial charge on any atom is 0.141 e. The second-order valence-corrected chi connectivity index (χ2v) is 4.68. The zero-order chi connectivity index (χ0) is 14.4. The Morgan fingerprint density at radius 2 is 2.15 bits per heavy atom. The van der Waals surface area contributed by atoms with E-state index >= 15 is 0 Å². The van der Waals surface area contributed by atoms with Crippen LogP contribution < -0.4 is 10.1 Å². The summed E-state index contributed by atoms with van der Waals surface area (Å²) >= 11 is 0. The lowest BCUT2D eigenvalue weighted by Gasteiger charge is -2.13. The zero-order valence-electron chi connectivity index (χ0n) is 11.8. The molecule has 0 radical (unpaired) electrons. The van der Waals surface area contributed by atoms with E-state index in [2.05, 4.69) is 16.4 Å². The maximum absolute atomic E-state index is 12.8. The molecule has 0 aliphatic carbocycles. The molecule has 0 bridgehead atoms. The van der Waals surface area contributed by atoms with Crippen molar-refractivity contribution in [1.82, 2.24) is 10.3 Å². The van der Waals surface area contributed by atoms with Gasteiger partial charge in [-0.25, -0.2) is 4.39 Å². The summed E-state index contributed by atoms with van der Waals surface area (Å²) in [4.78, 5) is 4.07. The van der Waals surface area contributed by atoms with Crippen LogP contribution in [0.25, 0.3) is 0 Å². The Hall–Kier alpha value is -1.94. The number of methoxy groups -OCH3 is 1. The summed E-state index contributed by atoms with van der Waals surface area (Å²) in [6.45, 7) is 2.85. The molecule has 0 spiro atoms. The fourth-order valence-electron chi connectivity index (χ4n) is 2.01. The molecule has 1 N–H and O–H groups in total. The molecule has 0 fully saturated rings. The summed E-state index contributed by atoms with van der Waals surface area (Å²) in [6.07, 6.45) is 2.15. The Kier molecular flexibility index (Phi) is 5.07. The molecular weight excluding hydrogens is 255 g/mol. The standard InChI is InChI=1S/C16H19FN2O/c1-12(16-7-6-14(17)11-19-16)18-9-8-13-4-3-5-15(10-13)20-2/h3-7,10-12,18H,8-9H2,1-2H3. The Morgan fingerprint density at radius 1 is 1.30 bits per heavy atom. The van der Waals surface area contributed by atoms with Gasteiger partial charge in [0.15, 0.2) is 0 Å². The van der Waals surface area contributed by atoms with Crippen LogP contribution in [-0.2, 0) is 6.42 Å². The van der Waals surface area contributed by atoms with Gasteiger partial charge in [0.1, 0.15) is 11.6 Å². The summed E-state index contributed by atoms with van der Waals surface area (Å²) in [5.74, 6) is 0.563. The number of hydrogen-bond donors (Lipinski definition) is 1. The van der Waals surface area contributed by atoms with Crippen LogP contribution in [0.5, 0.6) is 5.75 Å². The van der Waals surface area contributed by atoms with E-state index in [0.717, 1.165) is 24.4 Å². The lowest BCUT2D eigenvalue weighted by atomic mass is 10.1. The first kappa shape index (κ1) is 14.5. The van der Waals surface area contributed by atoms with E-state index in [1.165, 1.54) is 17.8 Å². The molecule has 0 saturated carbocycles. The van der Waals surface area contributed by atoms with E-state index in [1.807, 2.05) is 25.1 Å². The number of rotatable bonds is 6. The predicted molar refractivity (Wildman–Crippen MR) is 77.3 cm³/mol. The van der Waals surface area contributed by atoms with Gasteiger partial charge < -0.3 is 10.1 Å². The molecule has 2 rings (SSSR count). The van der Waals surface area contributed by atoms with Crippen LogP contribution in [0.15, 0.2) is 42.6 Å². The summed E-state index contributed by atoms with van der Waals surface area (Å²) in [7, 11) is 1.67. The largest absolute Gasteiger partial charge is 0.497 e. The Bertz CT molecular complexity index is 542. The van der Waals surface area contributed by atoms with Crippen molar-refractivity contribution in [1.29, 1.82) is 0 Å². The predicted octanol–water partition coefficient (Wildman–Crippen LogP) is 3.12. The highest BCUT2D eigenvalue weighted by atomic mass is 19.1. The molecule has 106 valence electrons. The van der Waals surface area contributed by atoms with E-state index in [-0.39, 0.29) is 11.9 Å². The summed E-state index contributed by atoms with van der Waals surface area (Å²) < 4.78 is 18.0. The first-order chi connectivity index (χ1) is 9.69. The minimum Gasteiger partial charge on any atom is -0.497 e. The monoisotopic (exact) mass is 274 g/mol. The summed E-state index contributed by atoms with van der Waals surface area (Å²) in [6, 6.07) is 11.3. The van der Waals surface area contributed by atoms with E-state index in [1.54, 1.807) is 13.2 Å². The van der Waals surface area contributed by atoms with Crippen molar-refractivity contribution in [3.63, 3.8) is 0 Å². The van der Waals surface area contributed by atoms with E-state index in [9.17, 15) is 4.39 Å². The van der Waals surface area contributed by atoms with Gasteiger partial charge in [0.05, 0.1) is 19.0 Å². The normalized spacial score (nSPS) is 12.2. The summed E-state index contributed by atoms with van der Waals surface area (Å²) in [5.41, 5.74) is 2.06. The van der Waals surface area contributed by atoms with Crippen LogP contribution >= 0.6 is 0 Å². The molecule has 0 saturated heterocycles. The first-order valence-corrected chi connectivity index (χ1v) is 6.67. The molecule has 1 aromatic carbocycles. The smallest absolute Gasteiger partial charge is 0.141 e. The van der Waals surface area contributed by atoms with Crippen LogP contribution in [0.2, 0.25) is 0 Å². The van der Waals surface area contributed by atoms with Crippen LogP contribution in [0.3, 0.4) is 0 Å². The van der Waals surface area contributed by atoms with Gasteiger partial charge in [-0.2, -0.15) is 0 Å². The molecular formula is C16H19FN2O. The number of hydrogen-bond acceptors (Lipinski definition) is 3. The van der Waals surface area contributed by atoms with Gasteiger partial charge in [-0.3, -0.25) is 4.98 Å². The van der Waals surface area contributed by atoms with Crippen molar-refractivity contribution in [3.05, 3.63) is 59.7 Å². The highest BCUT2D eigenvalue weighted by Crippen LogP contribution is 2.13. The molecule has 0 amide bonds. The number of pyridine rings is 1. The zero-order valence-corrected chi connectivity index (χ0v) is 11.8. The van der Waals surface area contributed by atoms with Crippen LogP contribution in [0.1, 0.15) is 24.2 Å². The lowest BCUT2D eigenvalue weighted by Crippen LogP contribution is -2.22. The second kappa shape index (κ2) is 7.01. The third-order valence-electron chi connectivity index (χ3n) is 3.19. The number of nitrogens with zero attached hydrogens (tertiary/aromatic N) is 1. The minimum atomic E-state index is -0.308. The molecule has 20 heavy (non-hydrogen) atoms. The van der Waals surface area contributed by atoms with Crippen molar-refractivity contribution in [2.45, 2.75) is 19.4 Å². The molecule has 0 aliphatic rings. The van der Waals surface area contributed by atoms with Crippen molar-refractivity contribution in [2.24, 2.45) is 0 Å². The average molecular weight is 274 g/mol. The highest BCUT2D eigenvalue weighted by Gasteiger charge is 2.06. The Balaban J connectivity index is 1.84. The van der Waals surface area contributed by atoms with Gasteiger partial charge >= 0.3 is 0 Å². The number of nitrogens with one attached hydrogen (secondary N) is 1. The van der Waals surface area contributed by atoms with Crippen molar-refractivity contribution >= 4 is 0 Å². The third-order valence-corrected chi connectivity index (χ3v) is 3.19. The van der Waals surface area contributed by atoms with Crippen LogP contribution in [0.4, 0.5) is 4.39 Å². The fraction of sp³-hybridized carbons (Fsp3) is 0.312. The lowest BCUT2D eigenvalue weighted by molar-refractivity contribution is 0.414. The Labute approximate surface area is 118 Å². The third kappa shape index (κ3) is 4.03. The number of ether oxygens (including phenoxy) is 1. The molecule has 4 heteroatoms. The molecule has 3 nitrogen and oxygen atoms in total. The quantitative estimate of drug-likeness (QED) is 0.878. The molecule has 2 aromatic rings. The molecule has 1 aromatic heterocycles. The number of benzene rings is 1. The van der Waals surface area contributed by atoms with Gasteiger partial charge in [-0.05, 0) is 49.7 Å². The van der Waals surface area contributed by atoms with Crippen molar-refractivity contribution in [2.75, 3.05) is 13.7 Å². The Morgan fingerprint density at radius 3 is 2.85 bits per heavy atom. The number of halogens is 1. The van der Waals surface area contributed by atoms with Crippen LogP contribution in [0, 0.1) is 5.82 Å². The van der Waals surface area contributed by atoms with Crippen molar-refractivity contribution < 1.29 is 9.13 Å². The minimum absolute atomic E-state index is 0.0983. The van der Waals surface area contributed by atoms with Gasteiger partial charge in [-0.1, -0.05) is 12.1 Å². The van der Waals surface area contributed by atoms with Gasteiger partial charge in [0, 0.05) is 6.04 Å². The van der Waals surface area contributed by atoms with E-state index in [4.69, 9.17) is 4.74 Å². The van der Waals surface area contributed by atoms with E-state index in [0.29, 0.717) is 0 Å². The van der Waals surface area contributed by atoms with Gasteiger partial charge in [0.25, 0.3) is 0 Å². The maximum atomic E-state index is 12.8. The van der Waals surface area contributed by atoms with Crippen molar-refractivity contribution in [3.8, 4) is 5.75 Å². The molecule has 1 heterocycles. The van der Waals surface area contributed by atoms with Crippen LogP contribution in [-0.4, -0.2) is 18.6 Å².